The molecule has 0 saturated heterocycles. The first kappa shape index (κ1) is 12.6. The number of nitriles is 1. The minimum Gasteiger partial charge on any atom is -0.382 e. The second-order valence-electron chi connectivity index (χ2n) is 4.40. The van der Waals surface area contributed by atoms with Crippen LogP contribution in [0, 0.1) is 11.3 Å². The molecule has 2 rings (SSSR count). The quantitative estimate of drug-likeness (QED) is 0.898. The van der Waals surface area contributed by atoms with Gasteiger partial charge in [0.2, 0.25) is 0 Å². The van der Waals surface area contributed by atoms with Gasteiger partial charge in [-0.15, -0.1) is 0 Å². The molecule has 1 N–H and O–H groups in total. The number of halogens is 1. The first-order chi connectivity index (χ1) is 8.19. The highest BCUT2D eigenvalue weighted by Crippen LogP contribution is 2.43. The third-order valence-corrected chi connectivity index (χ3v) is 5.13. The number of rotatable bonds is 4. The molecular formula is C13H15ClN2S. The van der Waals surface area contributed by atoms with E-state index >= 15 is 0 Å². The van der Waals surface area contributed by atoms with Crippen molar-refractivity contribution in [1.82, 2.24) is 0 Å². The van der Waals surface area contributed by atoms with Crippen LogP contribution in [-0.2, 0) is 0 Å². The second kappa shape index (κ2) is 5.20. The van der Waals surface area contributed by atoms with Gasteiger partial charge in [0.1, 0.15) is 0 Å². The summed E-state index contributed by atoms with van der Waals surface area (Å²) in [6.07, 6.45) is 6.04. The van der Waals surface area contributed by atoms with Crippen molar-refractivity contribution >= 4 is 29.1 Å². The fourth-order valence-electron chi connectivity index (χ4n) is 2.01. The van der Waals surface area contributed by atoms with Crippen molar-refractivity contribution in [3.8, 4) is 6.07 Å². The fourth-order valence-corrected chi connectivity index (χ4v) is 3.17. The molecule has 1 saturated carbocycles. The summed E-state index contributed by atoms with van der Waals surface area (Å²) in [7, 11) is 0. The number of nitrogens with zero attached hydrogens (tertiary/aromatic N) is 1. The Balaban J connectivity index is 2.02. The van der Waals surface area contributed by atoms with Gasteiger partial charge >= 0.3 is 0 Å². The zero-order valence-electron chi connectivity index (χ0n) is 9.79. The molecule has 0 aliphatic heterocycles. The van der Waals surface area contributed by atoms with Gasteiger partial charge in [0.25, 0.3) is 0 Å². The van der Waals surface area contributed by atoms with E-state index in [1.807, 2.05) is 17.8 Å². The van der Waals surface area contributed by atoms with Crippen LogP contribution < -0.4 is 5.32 Å². The fraction of sp³-hybridized carbons (Fsp3) is 0.462. The van der Waals surface area contributed by atoms with Gasteiger partial charge in [0.05, 0.1) is 22.3 Å². The number of hydrogen-bond donors (Lipinski definition) is 1. The molecule has 90 valence electrons. The van der Waals surface area contributed by atoms with E-state index in [2.05, 4.69) is 17.6 Å². The van der Waals surface area contributed by atoms with Crippen molar-refractivity contribution in [2.45, 2.75) is 24.0 Å². The van der Waals surface area contributed by atoms with Crippen molar-refractivity contribution in [3.05, 3.63) is 28.8 Å². The highest BCUT2D eigenvalue weighted by atomic mass is 35.5. The maximum absolute atomic E-state index is 8.76. The highest BCUT2D eigenvalue weighted by molar-refractivity contribution is 8.00. The minimum absolute atomic E-state index is 0.386. The predicted molar refractivity (Wildman–Crippen MR) is 74.8 cm³/mol. The van der Waals surface area contributed by atoms with E-state index < -0.39 is 0 Å². The highest BCUT2D eigenvalue weighted by Gasteiger charge is 2.35. The van der Waals surface area contributed by atoms with Gasteiger partial charge in [0, 0.05) is 11.3 Å². The first-order valence-electron chi connectivity index (χ1n) is 5.68. The third kappa shape index (κ3) is 2.70. The topological polar surface area (TPSA) is 35.8 Å². The van der Waals surface area contributed by atoms with Crippen LogP contribution in [0.1, 0.15) is 24.8 Å². The summed E-state index contributed by atoms with van der Waals surface area (Å²) in [5, 5.41) is 12.8. The standard InChI is InChI=1S/C13H15ClN2S/c1-17-13(5-2-6-13)9-16-12-4-3-10(8-15)7-11(12)14/h3-4,7,16H,2,5-6,9H2,1H3. The van der Waals surface area contributed by atoms with E-state index in [1.54, 1.807) is 12.1 Å². The lowest BCUT2D eigenvalue weighted by molar-refractivity contribution is 0.380. The van der Waals surface area contributed by atoms with Gasteiger partial charge in [-0.1, -0.05) is 18.0 Å². The van der Waals surface area contributed by atoms with Crippen LogP contribution in [0.5, 0.6) is 0 Å². The molecule has 1 aliphatic rings. The molecule has 1 aliphatic carbocycles. The zero-order valence-corrected chi connectivity index (χ0v) is 11.4. The smallest absolute Gasteiger partial charge is 0.0992 e. The summed E-state index contributed by atoms with van der Waals surface area (Å²) in [4.78, 5) is 0. The maximum atomic E-state index is 8.76. The molecule has 0 heterocycles. The molecule has 0 spiro atoms. The predicted octanol–water partition coefficient (Wildman–Crippen LogP) is 3.91. The van der Waals surface area contributed by atoms with E-state index in [0.29, 0.717) is 15.3 Å². The summed E-state index contributed by atoms with van der Waals surface area (Å²) < 4.78 is 0.386. The average Bonchev–Trinajstić information content (AvgIpc) is 2.30. The van der Waals surface area contributed by atoms with Crippen molar-refractivity contribution in [2.24, 2.45) is 0 Å². The minimum atomic E-state index is 0.386. The van der Waals surface area contributed by atoms with Gasteiger partial charge in [-0.3, -0.25) is 0 Å². The number of nitrogens with one attached hydrogen (secondary N) is 1. The van der Waals surface area contributed by atoms with Crippen LogP contribution >= 0.6 is 23.4 Å². The van der Waals surface area contributed by atoms with Gasteiger partial charge in [-0.05, 0) is 37.3 Å². The molecule has 17 heavy (non-hydrogen) atoms. The number of anilines is 1. The van der Waals surface area contributed by atoms with Crippen LogP contribution in [-0.4, -0.2) is 17.5 Å². The van der Waals surface area contributed by atoms with E-state index in [-0.39, 0.29) is 0 Å². The van der Waals surface area contributed by atoms with E-state index in [9.17, 15) is 0 Å². The molecule has 1 aromatic rings. The normalized spacial score (nSPS) is 17.0. The largest absolute Gasteiger partial charge is 0.382 e. The van der Waals surface area contributed by atoms with E-state index in [0.717, 1.165) is 12.2 Å². The van der Waals surface area contributed by atoms with Crippen LogP contribution in [0.15, 0.2) is 18.2 Å². The van der Waals surface area contributed by atoms with Crippen LogP contribution in [0.2, 0.25) is 5.02 Å². The van der Waals surface area contributed by atoms with Gasteiger partial charge < -0.3 is 5.32 Å². The average molecular weight is 267 g/mol. The molecular weight excluding hydrogens is 252 g/mol. The summed E-state index contributed by atoms with van der Waals surface area (Å²) >= 11 is 8.05. The molecule has 1 fully saturated rings. The SMILES string of the molecule is CSC1(CNc2ccc(C#N)cc2Cl)CCC1. The molecule has 0 unspecified atom stereocenters. The van der Waals surface area contributed by atoms with E-state index in [4.69, 9.17) is 16.9 Å². The Kier molecular flexibility index (Phi) is 3.86. The number of hydrogen-bond acceptors (Lipinski definition) is 3. The molecule has 0 aromatic heterocycles. The van der Waals surface area contributed by atoms with Crippen LogP contribution in [0.25, 0.3) is 0 Å². The van der Waals surface area contributed by atoms with Crippen molar-refractivity contribution < 1.29 is 0 Å². The molecule has 0 radical (unpaired) electrons. The Morgan fingerprint density at radius 1 is 1.53 bits per heavy atom. The Bertz CT molecular complexity index is 444. The molecule has 0 bridgehead atoms. The lowest BCUT2D eigenvalue weighted by Crippen LogP contribution is -2.40. The molecule has 2 nitrogen and oxygen atoms in total. The summed E-state index contributed by atoms with van der Waals surface area (Å²) in [6, 6.07) is 7.46. The molecule has 4 heteroatoms. The Labute approximate surface area is 111 Å². The van der Waals surface area contributed by atoms with Crippen molar-refractivity contribution in [1.29, 1.82) is 5.26 Å². The van der Waals surface area contributed by atoms with Gasteiger partial charge in [-0.25, -0.2) is 0 Å². The third-order valence-electron chi connectivity index (χ3n) is 3.40. The van der Waals surface area contributed by atoms with Crippen molar-refractivity contribution in [3.63, 3.8) is 0 Å². The summed E-state index contributed by atoms with van der Waals surface area (Å²) in [5.41, 5.74) is 1.52. The molecule has 1 aromatic carbocycles. The van der Waals surface area contributed by atoms with E-state index in [1.165, 1.54) is 19.3 Å². The van der Waals surface area contributed by atoms with Crippen molar-refractivity contribution in [2.75, 3.05) is 18.1 Å². The molecule has 0 amide bonds. The summed E-state index contributed by atoms with van der Waals surface area (Å²) in [6.45, 7) is 0.944. The van der Waals surface area contributed by atoms with Crippen LogP contribution in [0.3, 0.4) is 0 Å². The monoisotopic (exact) mass is 266 g/mol. The summed E-state index contributed by atoms with van der Waals surface area (Å²) in [5.74, 6) is 0. The van der Waals surface area contributed by atoms with Gasteiger partial charge in [-0.2, -0.15) is 17.0 Å². The second-order valence-corrected chi connectivity index (χ2v) is 6.08. The number of benzene rings is 1. The Morgan fingerprint density at radius 3 is 2.76 bits per heavy atom. The van der Waals surface area contributed by atoms with Gasteiger partial charge in [0.15, 0.2) is 0 Å². The lowest BCUT2D eigenvalue weighted by atomic mass is 9.84. The first-order valence-corrected chi connectivity index (χ1v) is 7.28. The maximum Gasteiger partial charge on any atom is 0.0992 e. The number of thioether (sulfide) groups is 1. The Morgan fingerprint density at radius 2 is 2.29 bits per heavy atom. The Hall–Kier alpha value is -0.850. The van der Waals surface area contributed by atoms with Crippen LogP contribution in [0.4, 0.5) is 5.69 Å². The zero-order chi connectivity index (χ0) is 12.3. The lowest BCUT2D eigenvalue weighted by Gasteiger charge is -2.40. The molecule has 0 atom stereocenters.